The molecule has 0 saturated heterocycles. The van der Waals surface area contributed by atoms with Gasteiger partial charge in [0.25, 0.3) is 0 Å². The number of nitrogens with zero attached hydrogens (tertiary/aromatic N) is 1. The monoisotopic (exact) mass is 611 g/mol. The Bertz CT molecular complexity index is 1430. The third-order valence-corrected chi connectivity index (χ3v) is 9.89. The first-order chi connectivity index (χ1) is 20.5. The molecule has 4 nitrogen and oxygen atoms in total. The summed E-state index contributed by atoms with van der Waals surface area (Å²) >= 11 is 1.41. The van der Waals surface area contributed by atoms with Gasteiger partial charge in [-0.1, -0.05) is 44.2 Å². The first-order valence-electron chi connectivity index (χ1n) is 15.3. The Labute approximate surface area is 258 Å². The highest BCUT2D eigenvalue weighted by Gasteiger charge is 2.32. The van der Waals surface area contributed by atoms with Crippen molar-refractivity contribution in [3.63, 3.8) is 0 Å². The molecule has 232 valence electrons. The Morgan fingerprint density at radius 1 is 1.05 bits per heavy atom. The molecule has 0 spiro atoms. The summed E-state index contributed by atoms with van der Waals surface area (Å²) in [7, 11) is 0. The third-order valence-electron chi connectivity index (χ3n) is 8.74. The van der Waals surface area contributed by atoms with Gasteiger partial charge in [-0.2, -0.15) is 13.2 Å². The number of hydrogen-bond donors (Lipinski definition) is 2. The SMILES string of the molecule is CCNc1ccc(C(CC(=O)C(CC)CC)c2ccc(C)c(CN3CCCc4ccc(C(F)(F)F)cc4S3)c2)c(C)c1N. The number of anilines is 2. The van der Waals surface area contributed by atoms with Crippen molar-refractivity contribution in [2.45, 2.75) is 90.3 Å². The highest BCUT2D eigenvalue weighted by molar-refractivity contribution is 7.97. The number of rotatable bonds is 11. The van der Waals surface area contributed by atoms with Crippen LogP contribution in [0.15, 0.2) is 53.4 Å². The molecule has 8 heteroatoms. The van der Waals surface area contributed by atoms with E-state index in [-0.39, 0.29) is 17.6 Å². The van der Waals surface area contributed by atoms with Crippen molar-refractivity contribution in [1.29, 1.82) is 0 Å². The van der Waals surface area contributed by atoms with Crippen molar-refractivity contribution in [3.8, 4) is 0 Å². The van der Waals surface area contributed by atoms with Crippen LogP contribution < -0.4 is 11.1 Å². The van der Waals surface area contributed by atoms with Crippen LogP contribution in [-0.2, 0) is 23.9 Å². The number of fused-ring (bicyclic) bond motifs is 1. The molecule has 0 radical (unpaired) electrons. The summed E-state index contributed by atoms with van der Waals surface area (Å²) in [5.41, 5.74) is 13.8. The van der Waals surface area contributed by atoms with E-state index < -0.39 is 11.7 Å². The van der Waals surface area contributed by atoms with E-state index in [0.29, 0.717) is 23.5 Å². The van der Waals surface area contributed by atoms with Crippen molar-refractivity contribution in [2.24, 2.45) is 5.92 Å². The van der Waals surface area contributed by atoms with Crippen molar-refractivity contribution < 1.29 is 18.0 Å². The average Bonchev–Trinajstić information content (AvgIpc) is 3.17. The van der Waals surface area contributed by atoms with E-state index in [4.69, 9.17) is 5.73 Å². The summed E-state index contributed by atoms with van der Waals surface area (Å²) < 4.78 is 42.5. The molecular formula is C35H44F3N3OS. The molecule has 0 bridgehead atoms. The maximum atomic E-state index is 13.5. The Hall–Kier alpha value is -2.97. The van der Waals surface area contributed by atoms with Gasteiger partial charge < -0.3 is 11.1 Å². The fourth-order valence-electron chi connectivity index (χ4n) is 6.02. The molecule has 43 heavy (non-hydrogen) atoms. The number of halogens is 3. The van der Waals surface area contributed by atoms with Crippen LogP contribution in [0.5, 0.6) is 0 Å². The lowest BCUT2D eigenvalue weighted by molar-refractivity contribution is -0.137. The number of ketones is 1. The highest BCUT2D eigenvalue weighted by atomic mass is 32.2. The van der Waals surface area contributed by atoms with E-state index in [9.17, 15) is 18.0 Å². The van der Waals surface area contributed by atoms with Crippen molar-refractivity contribution in [3.05, 3.63) is 87.5 Å². The average molecular weight is 612 g/mol. The maximum absolute atomic E-state index is 13.5. The van der Waals surface area contributed by atoms with Crippen LogP contribution in [0.3, 0.4) is 0 Å². The fraction of sp³-hybridized carbons (Fsp3) is 0.457. The first-order valence-corrected chi connectivity index (χ1v) is 16.1. The van der Waals surface area contributed by atoms with Crippen molar-refractivity contribution in [1.82, 2.24) is 4.31 Å². The lowest BCUT2D eigenvalue weighted by atomic mass is 9.80. The molecule has 1 aliphatic heterocycles. The van der Waals surface area contributed by atoms with E-state index in [1.807, 2.05) is 19.9 Å². The number of alkyl halides is 3. The molecule has 0 amide bonds. The topological polar surface area (TPSA) is 58.4 Å². The number of Topliss-reactive ketones (excluding diaryl/α,β-unsaturated/α-hetero) is 1. The van der Waals surface area contributed by atoms with Crippen LogP contribution in [0, 0.1) is 19.8 Å². The van der Waals surface area contributed by atoms with Crippen molar-refractivity contribution >= 4 is 29.1 Å². The number of nitrogen functional groups attached to an aromatic ring is 1. The Morgan fingerprint density at radius 2 is 1.79 bits per heavy atom. The number of carbonyl (C=O) groups excluding carboxylic acids is 1. The van der Waals surface area contributed by atoms with Gasteiger partial charge in [-0.25, -0.2) is 4.31 Å². The van der Waals surface area contributed by atoms with Gasteiger partial charge in [-0.05, 0) is 110 Å². The zero-order valence-electron chi connectivity index (χ0n) is 25.9. The predicted octanol–water partition coefficient (Wildman–Crippen LogP) is 9.32. The minimum absolute atomic E-state index is 0.0151. The highest BCUT2D eigenvalue weighted by Crippen LogP contribution is 2.40. The lowest BCUT2D eigenvalue weighted by Crippen LogP contribution is -2.19. The lowest BCUT2D eigenvalue weighted by Gasteiger charge is -2.26. The number of benzene rings is 3. The number of hydrogen-bond acceptors (Lipinski definition) is 5. The summed E-state index contributed by atoms with van der Waals surface area (Å²) in [6, 6.07) is 14.6. The van der Waals surface area contributed by atoms with Gasteiger partial charge in [0.2, 0.25) is 0 Å². The fourth-order valence-corrected chi connectivity index (χ4v) is 7.19. The van der Waals surface area contributed by atoms with E-state index in [1.165, 1.54) is 24.1 Å². The van der Waals surface area contributed by atoms with Gasteiger partial charge in [0.05, 0.1) is 16.9 Å². The molecule has 3 aromatic carbocycles. The molecule has 3 aromatic rings. The molecule has 1 atom stereocenters. The molecule has 4 rings (SSSR count). The zero-order valence-corrected chi connectivity index (χ0v) is 26.7. The molecule has 0 aromatic heterocycles. The van der Waals surface area contributed by atoms with Gasteiger partial charge in [-0.15, -0.1) is 0 Å². The molecule has 1 aliphatic rings. The van der Waals surface area contributed by atoms with Gasteiger partial charge >= 0.3 is 6.18 Å². The third kappa shape index (κ3) is 7.76. The Kier molecular flexibility index (Phi) is 10.9. The van der Waals surface area contributed by atoms with Crippen molar-refractivity contribution in [2.75, 3.05) is 24.1 Å². The van der Waals surface area contributed by atoms with Crippen LogP contribution >= 0.6 is 11.9 Å². The second-order valence-corrected chi connectivity index (χ2v) is 12.7. The second kappa shape index (κ2) is 14.2. The molecule has 1 unspecified atom stereocenters. The van der Waals surface area contributed by atoms with Crippen LogP contribution in [-0.4, -0.2) is 23.2 Å². The molecule has 3 N–H and O–H groups in total. The Morgan fingerprint density at radius 3 is 2.47 bits per heavy atom. The summed E-state index contributed by atoms with van der Waals surface area (Å²) in [5.74, 6) is 0.115. The number of aryl methyl sites for hydroxylation is 2. The van der Waals surface area contributed by atoms with Crippen LogP contribution in [0.2, 0.25) is 0 Å². The van der Waals surface area contributed by atoms with Crippen LogP contribution in [0.1, 0.15) is 91.3 Å². The minimum Gasteiger partial charge on any atom is -0.397 e. The maximum Gasteiger partial charge on any atom is 0.416 e. The van der Waals surface area contributed by atoms with E-state index in [0.717, 1.165) is 77.8 Å². The number of nitrogens with two attached hydrogens (primary N) is 1. The summed E-state index contributed by atoms with van der Waals surface area (Å²) in [4.78, 5) is 14.2. The molecule has 0 aliphatic carbocycles. The van der Waals surface area contributed by atoms with E-state index in [2.05, 4.69) is 54.7 Å². The first kappa shape index (κ1) is 32.9. The minimum atomic E-state index is -4.37. The van der Waals surface area contributed by atoms with Crippen LogP contribution in [0.4, 0.5) is 24.5 Å². The summed E-state index contributed by atoms with van der Waals surface area (Å²) in [6.45, 7) is 12.4. The zero-order chi connectivity index (χ0) is 31.3. The van der Waals surface area contributed by atoms with E-state index in [1.54, 1.807) is 6.07 Å². The smallest absolute Gasteiger partial charge is 0.397 e. The van der Waals surface area contributed by atoms with Gasteiger partial charge in [0.15, 0.2) is 0 Å². The van der Waals surface area contributed by atoms with E-state index >= 15 is 0 Å². The quantitative estimate of drug-likeness (QED) is 0.167. The van der Waals surface area contributed by atoms with Gasteiger partial charge in [0.1, 0.15) is 5.78 Å². The summed E-state index contributed by atoms with van der Waals surface area (Å²) in [6.07, 6.45) is -0.740. The molecule has 1 heterocycles. The normalized spacial score (nSPS) is 14.8. The second-order valence-electron chi connectivity index (χ2n) is 11.6. The van der Waals surface area contributed by atoms with Gasteiger partial charge in [0, 0.05) is 42.8 Å². The van der Waals surface area contributed by atoms with Crippen LogP contribution in [0.25, 0.3) is 0 Å². The largest absolute Gasteiger partial charge is 0.416 e. The van der Waals surface area contributed by atoms with Gasteiger partial charge in [-0.3, -0.25) is 4.79 Å². The Balaban J connectivity index is 1.69. The molecular weight excluding hydrogens is 567 g/mol. The summed E-state index contributed by atoms with van der Waals surface area (Å²) in [5, 5.41) is 3.32. The predicted molar refractivity (Wildman–Crippen MR) is 173 cm³/mol. The number of carbonyl (C=O) groups is 1. The number of nitrogens with one attached hydrogen (secondary N) is 1. The standard InChI is InChI=1S/C35H44F3N3OS/c1-6-24(7-2)32(42)20-30(29-15-16-31(40-8-3)34(39)23(29)5)26-12-11-22(4)27(18-26)21-41-17-9-10-25-13-14-28(35(36,37)38)19-33(25)43-41/h11-16,18-19,24,30,40H,6-10,17,20-21,39H2,1-5H3. The molecule has 0 fully saturated rings. The molecule has 0 saturated carbocycles.